The van der Waals surface area contributed by atoms with E-state index in [0.717, 1.165) is 41.9 Å². The van der Waals surface area contributed by atoms with E-state index in [1.165, 1.54) is 63.9 Å². The zero-order valence-electron chi connectivity index (χ0n) is 26.9. The third-order valence-corrected chi connectivity index (χ3v) is 24.4. The Morgan fingerprint density at radius 1 is 0.950 bits per heavy atom. The Bertz CT molecular complexity index is 891. The van der Waals surface area contributed by atoms with Crippen LogP contribution in [-0.4, -0.2) is 30.1 Å². The molecule has 4 heteroatoms. The average molecular weight is 660 g/mol. The van der Waals surface area contributed by atoms with Gasteiger partial charge in [-0.25, -0.2) is 4.79 Å². The maximum atomic E-state index is 11.8. The minimum absolute atomic E-state index is 0.342. The molecule has 0 aromatic carbocycles. The van der Waals surface area contributed by atoms with E-state index in [0.29, 0.717) is 5.76 Å². The first kappa shape index (κ1) is 33.5. The van der Waals surface area contributed by atoms with Gasteiger partial charge in [0.15, 0.2) is 0 Å². The fourth-order valence-electron chi connectivity index (χ4n) is 8.21. The molecule has 3 rings (SSSR count). The maximum absolute atomic E-state index is 11.8. The molecule has 0 saturated heterocycles. The quantitative estimate of drug-likeness (QED) is 0.0940. The molecule has 2 saturated carbocycles. The van der Waals surface area contributed by atoms with Gasteiger partial charge in [-0.3, -0.25) is 0 Å². The number of cyclic esters (lactones) is 1. The standard InChI is InChI=1S/C24H33O3.3C4H9.Sn/c1-6-17-13-19-14-18(7-2)21(23(19)16(17)3)12-10-8-9-11-20-15-22(25)27-24(4,5)26-20;3*1-3-4-2;/h2,7-11,15-19,21,23H,6,12-14H2,1,3-5H3;3*1,3-4H2,2H3;/b7-2?,10-8+,11-9+;;;;/t16-,17+,18+,19+,21+,23+;;;;/m0..../s1. The molecule has 1 heterocycles. The average Bonchev–Trinajstić information content (AvgIpc) is 3.41. The number of carbonyl (C=O) groups excluding carboxylic acids is 1. The van der Waals surface area contributed by atoms with Crippen molar-refractivity contribution in [2.24, 2.45) is 35.5 Å². The van der Waals surface area contributed by atoms with Gasteiger partial charge >= 0.3 is 229 Å². The van der Waals surface area contributed by atoms with Crippen LogP contribution in [0.25, 0.3) is 0 Å². The van der Waals surface area contributed by atoms with Crippen molar-refractivity contribution in [1.29, 1.82) is 0 Å². The Morgan fingerprint density at radius 3 is 2.17 bits per heavy atom. The van der Waals surface area contributed by atoms with Crippen LogP contribution < -0.4 is 0 Å². The summed E-state index contributed by atoms with van der Waals surface area (Å²) < 4.78 is 18.6. The van der Waals surface area contributed by atoms with Gasteiger partial charge in [0.25, 0.3) is 0 Å². The summed E-state index contributed by atoms with van der Waals surface area (Å²) in [7, 11) is 0. The molecule has 6 atom stereocenters. The van der Waals surface area contributed by atoms with Crippen LogP contribution in [0.4, 0.5) is 0 Å². The van der Waals surface area contributed by atoms with E-state index in [2.05, 4.69) is 56.9 Å². The fraction of sp³-hybridized carbons (Fsp3) is 0.750. The first-order valence-electron chi connectivity index (χ1n) is 16.8. The summed E-state index contributed by atoms with van der Waals surface area (Å²) in [6.45, 7) is 15.6. The molecule has 0 aromatic heterocycles. The van der Waals surface area contributed by atoms with E-state index in [1.54, 1.807) is 27.2 Å². The van der Waals surface area contributed by atoms with E-state index in [9.17, 15) is 4.79 Å². The molecule has 3 nitrogen and oxygen atoms in total. The Labute approximate surface area is 251 Å². The van der Waals surface area contributed by atoms with Crippen LogP contribution in [0.3, 0.4) is 0 Å². The predicted octanol–water partition coefficient (Wildman–Crippen LogP) is 10.6. The van der Waals surface area contributed by atoms with Crippen LogP contribution in [0.2, 0.25) is 13.3 Å². The van der Waals surface area contributed by atoms with Gasteiger partial charge in [0.05, 0.1) is 0 Å². The topological polar surface area (TPSA) is 35.5 Å². The van der Waals surface area contributed by atoms with Crippen molar-refractivity contribution in [2.45, 2.75) is 132 Å². The molecule has 1 aliphatic heterocycles. The minimum atomic E-state index is -2.28. The molecular weight excluding hydrogens is 599 g/mol. The number of rotatable bonds is 16. The molecule has 0 N–H and O–H groups in total. The van der Waals surface area contributed by atoms with Gasteiger partial charge < -0.3 is 4.74 Å². The first-order valence-corrected chi connectivity index (χ1v) is 24.5. The van der Waals surface area contributed by atoms with E-state index < -0.39 is 24.2 Å². The number of unbranched alkanes of at least 4 members (excludes halogenated alkanes) is 3. The molecule has 2 fully saturated rings. The van der Waals surface area contributed by atoms with Gasteiger partial charge in [-0.05, 0) is 0 Å². The number of hydrogen-bond donors (Lipinski definition) is 0. The van der Waals surface area contributed by atoms with Gasteiger partial charge in [-0.1, -0.05) is 0 Å². The molecule has 40 heavy (non-hydrogen) atoms. The van der Waals surface area contributed by atoms with Crippen LogP contribution in [0, 0.1) is 35.5 Å². The molecule has 2 aliphatic carbocycles. The molecule has 3 aliphatic rings. The van der Waals surface area contributed by atoms with Crippen molar-refractivity contribution in [3.05, 3.63) is 46.3 Å². The first-order chi connectivity index (χ1) is 19.2. The number of carbonyl (C=O) groups is 1. The monoisotopic (exact) mass is 660 g/mol. The summed E-state index contributed by atoms with van der Waals surface area (Å²) >= 11 is -2.28. The Morgan fingerprint density at radius 2 is 1.60 bits per heavy atom. The van der Waals surface area contributed by atoms with Gasteiger partial charge in [0.2, 0.25) is 0 Å². The van der Waals surface area contributed by atoms with Crippen LogP contribution in [0.5, 0.6) is 0 Å². The number of esters is 1. The number of fused-ring (bicyclic) bond motifs is 1. The van der Waals surface area contributed by atoms with E-state index in [4.69, 9.17) is 9.47 Å². The normalized spacial score (nSPS) is 30.3. The summed E-state index contributed by atoms with van der Waals surface area (Å²) in [5.74, 6) is 4.32. The third kappa shape index (κ3) is 9.26. The Balaban J connectivity index is 1.77. The molecular formula is C36H60O3Sn. The fourth-order valence-corrected chi connectivity index (χ4v) is 22.7. The molecule has 0 spiro atoms. The van der Waals surface area contributed by atoms with Gasteiger partial charge in [-0.2, -0.15) is 0 Å². The van der Waals surface area contributed by atoms with E-state index in [1.807, 2.05) is 12.2 Å². The summed E-state index contributed by atoms with van der Waals surface area (Å²) in [6, 6.07) is 0. The van der Waals surface area contributed by atoms with Crippen LogP contribution in [-0.2, 0) is 14.3 Å². The van der Waals surface area contributed by atoms with Crippen molar-refractivity contribution in [2.75, 3.05) is 0 Å². The van der Waals surface area contributed by atoms with E-state index in [-0.39, 0.29) is 5.97 Å². The summed E-state index contributed by atoms with van der Waals surface area (Å²) in [5, 5.41) is 0. The number of hydrogen-bond acceptors (Lipinski definition) is 3. The molecule has 0 unspecified atom stereocenters. The van der Waals surface area contributed by atoms with Crippen LogP contribution >= 0.6 is 0 Å². The second kappa shape index (κ2) is 16.0. The number of ether oxygens (including phenoxy) is 2. The zero-order valence-corrected chi connectivity index (χ0v) is 29.8. The van der Waals surface area contributed by atoms with Crippen molar-refractivity contribution in [1.82, 2.24) is 0 Å². The predicted molar refractivity (Wildman–Crippen MR) is 172 cm³/mol. The van der Waals surface area contributed by atoms with Crippen LogP contribution in [0.15, 0.2) is 46.3 Å². The van der Waals surface area contributed by atoms with Crippen LogP contribution in [0.1, 0.15) is 113 Å². The van der Waals surface area contributed by atoms with Crippen molar-refractivity contribution < 1.29 is 14.3 Å². The summed E-state index contributed by atoms with van der Waals surface area (Å²) in [6.07, 6.45) is 26.4. The molecule has 0 radical (unpaired) electrons. The second-order valence-corrected chi connectivity index (χ2v) is 26.7. The Kier molecular flexibility index (Phi) is 13.4. The summed E-state index contributed by atoms with van der Waals surface area (Å²) in [5.41, 5.74) is 0. The number of allylic oxidation sites excluding steroid dienone is 5. The Hall–Kier alpha value is -0.971. The van der Waals surface area contributed by atoms with Crippen molar-refractivity contribution >= 4 is 24.3 Å². The molecule has 0 amide bonds. The van der Waals surface area contributed by atoms with Gasteiger partial charge in [-0.15, -0.1) is 0 Å². The molecule has 0 bridgehead atoms. The third-order valence-electron chi connectivity index (χ3n) is 10.3. The zero-order chi connectivity index (χ0) is 29.2. The van der Waals surface area contributed by atoms with Crippen molar-refractivity contribution in [3.63, 3.8) is 0 Å². The summed E-state index contributed by atoms with van der Waals surface area (Å²) in [4.78, 5) is 11.8. The van der Waals surface area contributed by atoms with E-state index >= 15 is 0 Å². The second-order valence-electron chi connectivity index (χ2n) is 13.7. The van der Waals surface area contributed by atoms with Crippen molar-refractivity contribution in [3.8, 4) is 0 Å². The van der Waals surface area contributed by atoms with Gasteiger partial charge in [0.1, 0.15) is 0 Å². The molecule has 226 valence electrons. The molecule has 0 aromatic rings. The van der Waals surface area contributed by atoms with Gasteiger partial charge in [0, 0.05) is 13.8 Å². The SMILES string of the molecule is CCC[CH2][Sn](/[CH]=C\[C@@H]1C[C@H]2C[C@@H](CC)[C@H](C)[C@H]2[C@@H]1C/C=C/C=C/C1=CC(=O)OC(C)(C)O1)([CH2]CCC)[CH2]CCC.